The zero-order chi connectivity index (χ0) is 19.9. The van der Waals surface area contributed by atoms with Crippen LogP contribution in [0.1, 0.15) is 27.9 Å². The SMILES string of the molecule is Cc1ccc(CCC(=O)NCCOC(=O)c2cc(=O)[nH]c3ccccc23)cc1. The highest BCUT2D eigenvalue weighted by molar-refractivity contribution is 6.03. The molecule has 6 nitrogen and oxygen atoms in total. The first-order valence-electron chi connectivity index (χ1n) is 9.14. The molecule has 6 heteroatoms. The van der Waals surface area contributed by atoms with Crippen molar-refractivity contribution >= 4 is 22.8 Å². The number of hydrogen-bond acceptors (Lipinski definition) is 4. The third-order valence-corrected chi connectivity index (χ3v) is 4.39. The summed E-state index contributed by atoms with van der Waals surface area (Å²) >= 11 is 0. The second-order valence-corrected chi connectivity index (χ2v) is 6.56. The standard InChI is InChI=1S/C22H22N2O4/c1-15-6-8-16(9-7-15)10-11-20(25)23-12-13-28-22(27)18-14-21(26)24-19-5-3-2-4-17(18)19/h2-9,14H,10-13H2,1H3,(H,23,25)(H,24,26). The van der Waals surface area contributed by atoms with Gasteiger partial charge in [-0.3, -0.25) is 9.59 Å². The van der Waals surface area contributed by atoms with Crippen LogP contribution in [0, 0.1) is 6.92 Å². The van der Waals surface area contributed by atoms with E-state index in [1.54, 1.807) is 24.3 Å². The molecule has 0 atom stereocenters. The Labute approximate surface area is 162 Å². The summed E-state index contributed by atoms with van der Waals surface area (Å²) in [7, 11) is 0. The Kier molecular flexibility index (Phi) is 6.22. The maximum Gasteiger partial charge on any atom is 0.339 e. The number of pyridine rings is 1. The Balaban J connectivity index is 1.46. The van der Waals surface area contributed by atoms with Crippen LogP contribution in [0.25, 0.3) is 10.9 Å². The number of nitrogens with one attached hydrogen (secondary N) is 2. The summed E-state index contributed by atoms with van der Waals surface area (Å²) in [6.45, 7) is 2.28. The normalized spacial score (nSPS) is 10.6. The smallest absolute Gasteiger partial charge is 0.339 e. The lowest BCUT2D eigenvalue weighted by Gasteiger charge is -2.08. The van der Waals surface area contributed by atoms with Crippen LogP contribution in [-0.4, -0.2) is 30.0 Å². The van der Waals surface area contributed by atoms with Crippen LogP contribution in [0.4, 0.5) is 0 Å². The predicted octanol–water partition coefficient (Wildman–Crippen LogP) is 2.74. The van der Waals surface area contributed by atoms with Gasteiger partial charge in [-0.05, 0) is 25.0 Å². The van der Waals surface area contributed by atoms with Gasteiger partial charge in [0, 0.05) is 23.4 Å². The number of aromatic amines is 1. The van der Waals surface area contributed by atoms with Crippen LogP contribution in [0.2, 0.25) is 0 Å². The lowest BCUT2D eigenvalue weighted by atomic mass is 10.1. The molecule has 1 amide bonds. The number of fused-ring (bicyclic) bond motifs is 1. The summed E-state index contributed by atoms with van der Waals surface area (Å²) in [6.07, 6.45) is 1.03. The maximum absolute atomic E-state index is 12.3. The lowest BCUT2D eigenvalue weighted by Crippen LogP contribution is -2.28. The van der Waals surface area contributed by atoms with E-state index in [1.807, 2.05) is 31.2 Å². The molecule has 0 aliphatic carbocycles. The summed E-state index contributed by atoms with van der Waals surface area (Å²) in [4.78, 5) is 38.6. The molecule has 1 aromatic heterocycles. The van der Waals surface area contributed by atoms with Crippen molar-refractivity contribution in [2.24, 2.45) is 0 Å². The molecule has 3 aromatic rings. The number of H-pyrrole nitrogens is 1. The maximum atomic E-state index is 12.3. The van der Waals surface area contributed by atoms with Crippen LogP contribution in [0.15, 0.2) is 59.4 Å². The summed E-state index contributed by atoms with van der Waals surface area (Å²) in [5.41, 5.74) is 2.71. The van der Waals surface area contributed by atoms with Gasteiger partial charge in [-0.2, -0.15) is 0 Å². The molecule has 2 N–H and O–H groups in total. The number of aryl methyl sites for hydroxylation is 2. The summed E-state index contributed by atoms with van der Waals surface area (Å²) in [5.74, 6) is -0.686. The Morgan fingerprint density at radius 3 is 2.61 bits per heavy atom. The summed E-state index contributed by atoms with van der Waals surface area (Å²) in [6, 6.07) is 16.3. The summed E-state index contributed by atoms with van der Waals surface area (Å²) in [5, 5.41) is 3.36. The van der Waals surface area contributed by atoms with Gasteiger partial charge >= 0.3 is 5.97 Å². The molecule has 0 aliphatic rings. The van der Waals surface area contributed by atoms with Crippen molar-refractivity contribution in [2.75, 3.05) is 13.2 Å². The van der Waals surface area contributed by atoms with Crippen LogP contribution >= 0.6 is 0 Å². The largest absolute Gasteiger partial charge is 0.460 e. The van der Waals surface area contributed by atoms with Crippen molar-refractivity contribution < 1.29 is 14.3 Å². The van der Waals surface area contributed by atoms with E-state index in [2.05, 4.69) is 10.3 Å². The minimum absolute atomic E-state index is 0.0379. The molecule has 0 radical (unpaired) electrons. The highest BCUT2D eigenvalue weighted by Gasteiger charge is 2.13. The number of ether oxygens (including phenoxy) is 1. The van der Waals surface area contributed by atoms with Gasteiger partial charge in [0.2, 0.25) is 11.5 Å². The van der Waals surface area contributed by atoms with Crippen molar-refractivity contribution in [1.82, 2.24) is 10.3 Å². The molecule has 0 spiro atoms. The average molecular weight is 378 g/mol. The first-order valence-corrected chi connectivity index (χ1v) is 9.14. The first kappa shape index (κ1) is 19.4. The molecule has 0 fully saturated rings. The molecule has 1 heterocycles. The van der Waals surface area contributed by atoms with Crippen molar-refractivity contribution in [3.05, 3.63) is 81.6 Å². The van der Waals surface area contributed by atoms with E-state index in [-0.39, 0.29) is 30.2 Å². The van der Waals surface area contributed by atoms with Gasteiger partial charge in [0.15, 0.2) is 0 Å². The van der Waals surface area contributed by atoms with E-state index < -0.39 is 5.97 Å². The number of rotatable bonds is 7. The molecule has 0 bridgehead atoms. The number of hydrogen-bond donors (Lipinski definition) is 2. The number of amides is 1. The number of esters is 1. The number of benzene rings is 2. The molecular formula is C22H22N2O4. The van der Waals surface area contributed by atoms with Crippen LogP contribution in [0.5, 0.6) is 0 Å². The van der Waals surface area contributed by atoms with E-state index in [0.717, 1.165) is 5.56 Å². The first-order chi connectivity index (χ1) is 13.5. The fourth-order valence-corrected chi connectivity index (χ4v) is 2.89. The zero-order valence-corrected chi connectivity index (χ0v) is 15.7. The molecule has 0 saturated heterocycles. The average Bonchev–Trinajstić information content (AvgIpc) is 2.70. The van der Waals surface area contributed by atoms with E-state index in [0.29, 0.717) is 23.7 Å². The predicted molar refractivity (Wildman–Crippen MR) is 107 cm³/mol. The minimum atomic E-state index is -0.587. The topological polar surface area (TPSA) is 88.3 Å². The fraction of sp³-hybridized carbons (Fsp3) is 0.227. The zero-order valence-electron chi connectivity index (χ0n) is 15.7. The van der Waals surface area contributed by atoms with E-state index >= 15 is 0 Å². The number of carbonyl (C=O) groups is 2. The fourth-order valence-electron chi connectivity index (χ4n) is 2.89. The molecule has 144 valence electrons. The quantitative estimate of drug-likeness (QED) is 0.489. The summed E-state index contributed by atoms with van der Waals surface area (Å²) < 4.78 is 5.21. The van der Waals surface area contributed by atoms with E-state index in [4.69, 9.17) is 4.74 Å². The Hall–Kier alpha value is -3.41. The second kappa shape index (κ2) is 8.99. The van der Waals surface area contributed by atoms with Gasteiger partial charge in [0.05, 0.1) is 12.1 Å². The Morgan fingerprint density at radius 1 is 1.07 bits per heavy atom. The highest BCUT2D eigenvalue weighted by atomic mass is 16.5. The van der Waals surface area contributed by atoms with E-state index in [9.17, 15) is 14.4 Å². The number of para-hydroxylation sites is 1. The van der Waals surface area contributed by atoms with Crippen molar-refractivity contribution in [1.29, 1.82) is 0 Å². The molecule has 28 heavy (non-hydrogen) atoms. The minimum Gasteiger partial charge on any atom is -0.460 e. The molecule has 3 rings (SSSR count). The monoisotopic (exact) mass is 378 g/mol. The van der Waals surface area contributed by atoms with Gasteiger partial charge in [0.25, 0.3) is 0 Å². The van der Waals surface area contributed by atoms with E-state index in [1.165, 1.54) is 11.6 Å². The Morgan fingerprint density at radius 2 is 1.82 bits per heavy atom. The van der Waals surface area contributed by atoms with Crippen LogP contribution in [0.3, 0.4) is 0 Å². The Bertz CT molecular complexity index is 1040. The van der Waals surface area contributed by atoms with Crippen molar-refractivity contribution in [2.45, 2.75) is 19.8 Å². The molecule has 0 unspecified atom stereocenters. The lowest BCUT2D eigenvalue weighted by molar-refractivity contribution is -0.121. The van der Waals surface area contributed by atoms with Gasteiger partial charge in [-0.25, -0.2) is 4.79 Å². The third-order valence-electron chi connectivity index (χ3n) is 4.39. The van der Waals surface area contributed by atoms with Gasteiger partial charge in [0.1, 0.15) is 6.61 Å². The van der Waals surface area contributed by atoms with Gasteiger partial charge < -0.3 is 15.0 Å². The van der Waals surface area contributed by atoms with Crippen LogP contribution < -0.4 is 10.9 Å². The van der Waals surface area contributed by atoms with Crippen molar-refractivity contribution in [3.8, 4) is 0 Å². The van der Waals surface area contributed by atoms with Crippen molar-refractivity contribution in [3.63, 3.8) is 0 Å². The number of carbonyl (C=O) groups excluding carboxylic acids is 2. The van der Waals surface area contributed by atoms with Gasteiger partial charge in [-0.1, -0.05) is 48.0 Å². The molecular weight excluding hydrogens is 356 g/mol. The van der Waals surface area contributed by atoms with Crippen LogP contribution in [-0.2, 0) is 16.0 Å². The molecule has 2 aromatic carbocycles. The molecule has 0 aliphatic heterocycles. The third kappa shape index (κ3) is 5.07. The second-order valence-electron chi connectivity index (χ2n) is 6.56. The highest BCUT2D eigenvalue weighted by Crippen LogP contribution is 2.15. The van der Waals surface area contributed by atoms with Gasteiger partial charge in [-0.15, -0.1) is 0 Å². The number of aromatic nitrogens is 1. The molecule has 0 saturated carbocycles.